The third-order valence-corrected chi connectivity index (χ3v) is 2.69. The van der Waals surface area contributed by atoms with Crippen molar-refractivity contribution in [1.29, 1.82) is 0 Å². The van der Waals surface area contributed by atoms with Gasteiger partial charge in [0.25, 0.3) is 0 Å². The van der Waals surface area contributed by atoms with E-state index < -0.39 is 16.4 Å². The van der Waals surface area contributed by atoms with E-state index in [0.29, 0.717) is 5.75 Å². The summed E-state index contributed by atoms with van der Waals surface area (Å²) in [6.07, 6.45) is 0. The molecule has 0 radical (unpaired) electrons. The minimum absolute atomic E-state index is 0.0918. The fourth-order valence-electron chi connectivity index (χ4n) is 1.67. The number of para-hydroxylation sites is 1. The highest BCUT2D eigenvalue weighted by molar-refractivity contribution is 5.47. The standard InChI is InChI=1S/C14H12FNO4/c1-19-11-7-5-10(6-8-11)9-20-13-4-2-3-12(15)14(13)16(17)18/h2-8H,9H2,1H3. The van der Waals surface area contributed by atoms with Crippen LogP contribution in [-0.4, -0.2) is 12.0 Å². The number of hydrogen-bond donors (Lipinski definition) is 0. The first kappa shape index (κ1) is 13.8. The van der Waals surface area contributed by atoms with Crippen molar-refractivity contribution in [2.24, 2.45) is 0 Å². The lowest BCUT2D eigenvalue weighted by Crippen LogP contribution is -2.01. The number of ether oxygens (including phenoxy) is 2. The zero-order chi connectivity index (χ0) is 14.5. The number of rotatable bonds is 5. The Morgan fingerprint density at radius 1 is 1.20 bits per heavy atom. The average molecular weight is 277 g/mol. The minimum atomic E-state index is -0.915. The molecule has 0 aromatic heterocycles. The summed E-state index contributed by atoms with van der Waals surface area (Å²) in [6.45, 7) is 0.105. The zero-order valence-corrected chi connectivity index (χ0v) is 10.7. The van der Waals surface area contributed by atoms with Crippen molar-refractivity contribution in [3.05, 3.63) is 64.0 Å². The summed E-state index contributed by atoms with van der Waals surface area (Å²) in [5, 5.41) is 10.8. The molecule has 0 fully saturated rings. The first-order valence-corrected chi connectivity index (χ1v) is 5.80. The van der Waals surface area contributed by atoms with Crippen LogP contribution < -0.4 is 9.47 Å². The number of halogens is 1. The van der Waals surface area contributed by atoms with Gasteiger partial charge in [0, 0.05) is 0 Å². The molecule has 0 heterocycles. The van der Waals surface area contributed by atoms with Crippen molar-refractivity contribution >= 4 is 5.69 Å². The van der Waals surface area contributed by atoms with E-state index >= 15 is 0 Å². The van der Waals surface area contributed by atoms with E-state index in [2.05, 4.69) is 0 Å². The number of nitro benzene ring substituents is 1. The van der Waals surface area contributed by atoms with Crippen LogP contribution in [0.3, 0.4) is 0 Å². The lowest BCUT2D eigenvalue weighted by Gasteiger charge is -2.07. The van der Waals surface area contributed by atoms with E-state index in [1.165, 1.54) is 12.1 Å². The van der Waals surface area contributed by atoms with Crippen LogP contribution >= 0.6 is 0 Å². The fraction of sp³-hybridized carbons (Fsp3) is 0.143. The van der Waals surface area contributed by atoms with Crippen molar-refractivity contribution in [2.45, 2.75) is 6.61 Å². The van der Waals surface area contributed by atoms with E-state index in [1.807, 2.05) is 0 Å². The molecule has 2 aromatic rings. The lowest BCUT2D eigenvalue weighted by atomic mass is 10.2. The molecule has 0 atom stereocenters. The van der Waals surface area contributed by atoms with Crippen molar-refractivity contribution in [1.82, 2.24) is 0 Å². The van der Waals surface area contributed by atoms with Crippen LogP contribution in [0, 0.1) is 15.9 Å². The summed E-state index contributed by atoms with van der Waals surface area (Å²) in [4.78, 5) is 10.0. The molecule has 5 nitrogen and oxygen atoms in total. The summed E-state index contributed by atoms with van der Waals surface area (Å²) in [7, 11) is 1.56. The Balaban J connectivity index is 2.14. The highest BCUT2D eigenvalue weighted by atomic mass is 19.1. The predicted molar refractivity (Wildman–Crippen MR) is 70.4 cm³/mol. The summed E-state index contributed by atoms with van der Waals surface area (Å²) in [5.74, 6) is -0.307. The van der Waals surface area contributed by atoms with E-state index in [0.717, 1.165) is 11.6 Å². The normalized spacial score (nSPS) is 10.1. The largest absolute Gasteiger partial charge is 0.497 e. The molecule has 2 rings (SSSR count). The molecule has 0 saturated carbocycles. The van der Waals surface area contributed by atoms with Crippen LogP contribution in [0.25, 0.3) is 0 Å². The summed E-state index contributed by atoms with van der Waals surface area (Å²) in [6, 6.07) is 10.8. The van der Waals surface area contributed by atoms with Crippen LogP contribution in [0.5, 0.6) is 11.5 Å². The Hall–Kier alpha value is -2.63. The second kappa shape index (κ2) is 6.01. The molecular weight excluding hydrogens is 265 g/mol. The predicted octanol–water partition coefficient (Wildman–Crippen LogP) is 3.32. The van der Waals surface area contributed by atoms with E-state index in [4.69, 9.17) is 9.47 Å². The summed E-state index contributed by atoms with van der Waals surface area (Å²) >= 11 is 0. The molecule has 0 N–H and O–H groups in total. The first-order chi connectivity index (χ1) is 9.61. The molecule has 0 bridgehead atoms. The van der Waals surface area contributed by atoms with Crippen LogP contribution in [0.4, 0.5) is 10.1 Å². The van der Waals surface area contributed by atoms with Gasteiger partial charge in [-0.3, -0.25) is 10.1 Å². The zero-order valence-electron chi connectivity index (χ0n) is 10.7. The molecule has 104 valence electrons. The van der Waals surface area contributed by atoms with Gasteiger partial charge in [0.15, 0.2) is 0 Å². The molecule has 0 aliphatic heterocycles. The molecular formula is C14H12FNO4. The summed E-state index contributed by atoms with van der Waals surface area (Å²) < 4.78 is 23.7. The van der Waals surface area contributed by atoms with Gasteiger partial charge >= 0.3 is 5.69 Å². The molecule has 0 saturated heterocycles. The lowest BCUT2D eigenvalue weighted by molar-refractivity contribution is -0.388. The van der Waals surface area contributed by atoms with Gasteiger partial charge in [-0.25, -0.2) is 0 Å². The topological polar surface area (TPSA) is 61.6 Å². The first-order valence-electron chi connectivity index (χ1n) is 5.80. The monoisotopic (exact) mass is 277 g/mol. The number of nitrogens with zero attached hydrogens (tertiary/aromatic N) is 1. The smallest absolute Gasteiger partial charge is 0.346 e. The Kier molecular flexibility index (Phi) is 4.14. The maximum Gasteiger partial charge on any atom is 0.346 e. The van der Waals surface area contributed by atoms with Crippen LogP contribution in [-0.2, 0) is 6.61 Å². The van der Waals surface area contributed by atoms with Gasteiger partial charge in [-0.05, 0) is 29.8 Å². The molecule has 0 amide bonds. The molecule has 2 aromatic carbocycles. The number of hydrogen-bond acceptors (Lipinski definition) is 4. The Labute approximate surface area is 114 Å². The Morgan fingerprint density at radius 2 is 1.90 bits per heavy atom. The van der Waals surface area contributed by atoms with Gasteiger partial charge in [-0.15, -0.1) is 0 Å². The Bertz CT molecular complexity index is 613. The van der Waals surface area contributed by atoms with Crippen LogP contribution in [0.2, 0.25) is 0 Å². The second-order valence-corrected chi connectivity index (χ2v) is 3.98. The maximum absolute atomic E-state index is 13.4. The average Bonchev–Trinajstić information content (AvgIpc) is 2.45. The van der Waals surface area contributed by atoms with Crippen molar-refractivity contribution in [3.8, 4) is 11.5 Å². The van der Waals surface area contributed by atoms with E-state index in [1.54, 1.807) is 31.4 Å². The highest BCUT2D eigenvalue weighted by Crippen LogP contribution is 2.30. The SMILES string of the molecule is COc1ccc(COc2cccc(F)c2[N+](=O)[O-])cc1. The second-order valence-electron chi connectivity index (χ2n) is 3.98. The molecule has 0 spiro atoms. The maximum atomic E-state index is 13.4. The van der Waals surface area contributed by atoms with Gasteiger partial charge in [0.1, 0.15) is 12.4 Å². The minimum Gasteiger partial charge on any atom is -0.497 e. The fourth-order valence-corrected chi connectivity index (χ4v) is 1.67. The van der Waals surface area contributed by atoms with E-state index in [-0.39, 0.29) is 12.4 Å². The number of benzene rings is 2. The van der Waals surface area contributed by atoms with Gasteiger partial charge in [0.2, 0.25) is 11.6 Å². The molecule has 0 aliphatic rings. The number of nitro groups is 1. The Morgan fingerprint density at radius 3 is 2.50 bits per heavy atom. The van der Waals surface area contributed by atoms with Crippen molar-refractivity contribution in [3.63, 3.8) is 0 Å². The number of methoxy groups -OCH3 is 1. The summed E-state index contributed by atoms with van der Waals surface area (Å²) in [5.41, 5.74) is 0.144. The van der Waals surface area contributed by atoms with Crippen molar-refractivity contribution < 1.29 is 18.8 Å². The quantitative estimate of drug-likeness (QED) is 0.621. The van der Waals surface area contributed by atoms with E-state index in [9.17, 15) is 14.5 Å². The molecule has 20 heavy (non-hydrogen) atoms. The van der Waals surface area contributed by atoms with Gasteiger partial charge in [-0.1, -0.05) is 18.2 Å². The third kappa shape index (κ3) is 3.03. The van der Waals surface area contributed by atoms with Gasteiger partial charge < -0.3 is 9.47 Å². The highest BCUT2D eigenvalue weighted by Gasteiger charge is 2.21. The third-order valence-electron chi connectivity index (χ3n) is 2.69. The van der Waals surface area contributed by atoms with Gasteiger partial charge in [-0.2, -0.15) is 4.39 Å². The van der Waals surface area contributed by atoms with Crippen LogP contribution in [0.15, 0.2) is 42.5 Å². The van der Waals surface area contributed by atoms with Crippen molar-refractivity contribution in [2.75, 3.05) is 7.11 Å². The van der Waals surface area contributed by atoms with Crippen LogP contribution in [0.1, 0.15) is 5.56 Å². The molecule has 6 heteroatoms. The van der Waals surface area contributed by atoms with Gasteiger partial charge in [0.05, 0.1) is 12.0 Å². The molecule has 0 unspecified atom stereocenters. The molecule has 0 aliphatic carbocycles.